The number of ketones is 2. The number of rotatable bonds is 12. The van der Waals surface area contributed by atoms with Gasteiger partial charge in [-0.05, 0) is 44.6 Å². The molecule has 0 bridgehead atoms. The maximum absolute atomic E-state index is 11.9. The smallest absolute Gasteiger partial charge is 0.305 e. The van der Waals surface area contributed by atoms with Crippen molar-refractivity contribution in [3.63, 3.8) is 0 Å². The first-order chi connectivity index (χ1) is 11.1. The number of esters is 1. The third kappa shape index (κ3) is 7.35. The first kappa shape index (κ1) is 19.3. The number of unbranched alkanes of at least 4 members (excludes halogenated alkanes) is 1. The van der Waals surface area contributed by atoms with E-state index >= 15 is 0 Å². The number of carbonyl (C=O) groups excluding carboxylic acids is 4. The van der Waals surface area contributed by atoms with Gasteiger partial charge >= 0.3 is 5.97 Å². The fraction of sp³-hybridized carbons (Fsp3) is 0.667. The van der Waals surface area contributed by atoms with E-state index in [-0.39, 0.29) is 29.4 Å². The van der Waals surface area contributed by atoms with Gasteiger partial charge in [0, 0.05) is 31.6 Å². The molecule has 0 radical (unpaired) electrons. The quantitative estimate of drug-likeness (QED) is 0.314. The van der Waals surface area contributed by atoms with E-state index < -0.39 is 0 Å². The number of hydrogen-bond acceptors (Lipinski definition) is 5. The summed E-state index contributed by atoms with van der Waals surface area (Å²) in [5, 5.41) is 0. The van der Waals surface area contributed by atoms with E-state index in [0.717, 1.165) is 6.29 Å². The molecule has 0 unspecified atom stereocenters. The maximum atomic E-state index is 11.9. The molecule has 0 aromatic rings. The fourth-order valence-electron chi connectivity index (χ4n) is 2.87. The lowest BCUT2D eigenvalue weighted by atomic mass is 9.86. The van der Waals surface area contributed by atoms with Crippen LogP contribution in [0.5, 0.6) is 0 Å². The largest absolute Gasteiger partial charge is 0.466 e. The van der Waals surface area contributed by atoms with Crippen molar-refractivity contribution in [3.8, 4) is 0 Å². The standard InChI is InChI=1S/C18H26O5/c1-2-23-18(22)8-4-3-6-15(20)11-9-14-10-12-17(21)16(14)7-5-13-19/h10,12-14,16H,2-9,11H2,1H3/t14-,16+/m0/s1. The van der Waals surface area contributed by atoms with Gasteiger partial charge in [-0.1, -0.05) is 6.08 Å². The molecular weight excluding hydrogens is 296 g/mol. The van der Waals surface area contributed by atoms with Gasteiger partial charge in [0.15, 0.2) is 5.78 Å². The molecule has 1 aliphatic carbocycles. The number of aldehydes is 1. The second kappa shape index (κ2) is 10.9. The van der Waals surface area contributed by atoms with Crippen LogP contribution in [0.2, 0.25) is 0 Å². The van der Waals surface area contributed by atoms with E-state index in [4.69, 9.17) is 4.74 Å². The normalized spacial score (nSPS) is 19.8. The monoisotopic (exact) mass is 322 g/mol. The molecule has 0 spiro atoms. The summed E-state index contributed by atoms with van der Waals surface area (Å²) < 4.78 is 4.83. The third-order valence-corrected chi connectivity index (χ3v) is 4.13. The molecule has 0 N–H and O–H groups in total. The van der Waals surface area contributed by atoms with Gasteiger partial charge in [0.05, 0.1) is 6.61 Å². The number of Topliss-reactive ketones (excluding diaryl/α,β-unsaturated/α-hetero) is 1. The zero-order chi connectivity index (χ0) is 17.1. The topological polar surface area (TPSA) is 77.5 Å². The Bertz CT molecular complexity index is 452. The Hall–Kier alpha value is -1.78. The van der Waals surface area contributed by atoms with Crippen molar-refractivity contribution in [2.24, 2.45) is 11.8 Å². The Morgan fingerprint density at radius 3 is 2.61 bits per heavy atom. The molecule has 0 aliphatic heterocycles. The van der Waals surface area contributed by atoms with Gasteiger partial charge in [0.1, 0.15) is 12.1 Å². The first-order valence-electron chi connectivity index (χ1n) is 8.41. The summed E-state index contributed by atoms with van der Waals surface area (Å²) in [4.78, 5) is 45.2. The molecule has 0 saturated carbocycles. The second-order valence-corrected chi connectivity index (χ2v) is 5.87. The summed E-state index contributed by atoms with van der Waals surface area (Å²) in [5.74, 6) is -0.0511. The Labute approximate surface area is 137 Å². The van der Waals surface area contributed by atoms with Crippen LogP contribution in [0, 0.1) is 11.8 Å². The van der Waals surface area contributed by atoms with Gasteiger partial charge in [-0.3, -0.25) is 14.4 Å². The maximum Gasteiger partial charge on any atom is 0.305 e. The number of allylic oxidation sites excluding steroid dienone is 2. The second-order valence-electron chi connectivity index (χ2n) is 5.87. The molecule has 0 amide bonds. The van der Waals surface area contributed by atoms with Crippen molar-refractivity contribution in [2.75, 3.05) is 6.61 Å². The summed E-state index contributed by atoms with van der Waals surface area (Å²) in [6.07, 6.45) is 8.48. The van der Waals surface area contributed by atoms with Crippen molar-refractivity contribution < 1.29 is 23.9 Å². The minimum Gasteiger partial charge on any atom is -0.466 e. The van der Waals surface area contributed by atoms with Crippen molar-refractivity contribution in [1.82, 2.24) is 0 Å². The average Bonchev–Trinajstić information content (AvgIpc) is 2.88. The van der Waals surface area contributed by atoms with Crippen LogP contribution < -0.4 is 0 Å². The molecule has 1 rings (SSSR count). The van der Waals surface area contributed by atoms with Crippen molar-refractivity contribution in [2.45, 2.75) is 58.3 Å². The Kier molecular flexibility index (Phi) is 9.10. The summed E-state index contributed by atoms with van der Waals surface area (Å²) in [7, 11) is 0. The van der Waals surface area contributed by atoms with Crippen LogP contribution in [-0.2, 0) is 23.9 Å². The van der Waals surface area contributed by atoms with Crippen LogP contribution in [0.15, 0.2) is 12.2 Å². The predicted octanol–water partition coefficient (Wildman–Crippen LogP) is 2.81. The van der Waals surface area contributed by atoms with Gasteiger partial charge in [-0.2, -0.15) is 0 Å². The molecule has 0 fully saturated rings. The van der Waals surface area contributed by atoms with Crippen LogP contribution in [0.4, 0.5) is 0 Å². The van der Waals surface area contributed by atoms with Crippen molar-refractivity contribution in [1.29, 1.82) is 0 Å². The van der Waals surface area contributed by atoms with Gasteiger partial charge in [0.25, 0.3) is 0 Å². The van der Waals surface area contributed by atoms with E-state index in [1.165, 1.54) is 0 Å². The van der Waals surface area contributed by atoms with Gasteiger partial charge < -0.3 is 9.53 Å². The van der Waals surface area contributed by atoms with E-state index in [1.54, 1.807) is 13.0 Å². The zero-order valence-corrected chi connectivity index (χ0v) is 13.8. The molecule has 1 aliphatic rings. The molecule has 2 atom stereocenters. The molecule has 0 heterocycles. The van der Waals surface area contributed by atoms with Crippen LogP contribution in [0.1, 0.15) is 58.3 Å². The van der Waals surface area contributed by atoms with Crippen LogP contribution in [0.25, 0.3) is 0 Å². The Balaban J connectivity index is 2.19. The number of carbonyl (C=O) groups is 4. The highest BCUT2D eigenvalue weighted by atomic mass is 16.5. The minimum absolute atomic E-state index is 0.0683. The number of hydrogen-bond donors (Lipinski definition) is 0. The molecular formula is C18H26O5. The lowest BCUT2D eigenvalue weighted by Gasteiger charge is -2.16. The van der Waals surface area contributed by atoms with Crippen LogP contribution in [0.3, 0.4) is 0 Å². The fourth-order valence-corrected chi connectivity index (χ4v) is 2.87. The highest BCUT2D eigenvalue weighted by Crippen LogP contribution is 2.30. The molecule has 0 aromatic heterocycles. The highest BCUT2D eigenvalue weighted by molar-refractivity contribution is 5.94. The molecule has 0 saturated heterocycles. The van der Waals surface area contributed by atoms with E-state index in [9.17, 15) is 19.2 Å². The summed E-state index contributed by atoms with van der Waals surface area (Å²) in [6, 6.07) is 0. The zero-order valence-electron chi connectivity index (χ0n) is 13.8. The average molecular weight is 322 g/mol. The molecule has 5 heteroatoms. The highest BCUT2D eigenvalue weighted by Gasteiger charge is 2.29. The van der Waals surface area contributed by atoms with E-state index in [0.29, 0.717) is 58.0 Å². The SMILES string of the molecule is CCOC(=O)CCCCC(=O)CC[C@H]1C=CC(=O)[C@@H]1CCC=O. The summed E-state index contributed by atoms with van der Waals surface area (Å²) in [5.41, 5.74) is 0. The molecule has 5 nitrogen and oxygen atoms in total. The van der Waals surface area contributed by atoms with E-state index in [1.807, 2.05) is 6.08 Å². The van der Waals surface area contributed by atoms with Gasteiger partial charge in [0.2, 0.25) is 0 Å². The number of ether oxygens (including phenoxy) is 1. The third-order valence-electron chi connectivity index (χ3n) is 4.13. The summed E-state index contributed by atoms with van der Waals surface area (Å²) in [6.45, 7) is 2.16. The van der Waals surface area contributed by atoms with Crippen LogP contribution in [-0.4, -0.2) is 30.4 Å². The lowest BCUT2D eigenvalue weighted by Crippen LogP contribution is -2.17. The van der Waals surface area contributed by atoms with E-state index in [2.05, 4.69) is 0 Å². The van der Waals surface area contributed by atoms with Crippen molar-refractivity contribution in [3.05, 3.63) is 12.2 Å². The summed E-state index contributed by atoms with van der Waals surface area (Å²) >= 11 is 0. The molecule has 0 aromatic carbocycles. The Morgan fingerprint density at radius 1 is 1.17 bits per heavy atom. The minimum atomic E-state index is -0.215. The van der Waals surface area contributed by atoms with Gasteiger partial charge in [-0.25, -0.2) is 0 Å². The van der Waals surface area contributed by atoms with Crippen LogP contribution >= 0.6 is 0 Å². The predicted molar refractivity (Wildman–Crippen MR) is 85.8 cm³/mol. The Morgan fingerprint density at radius 2 is 1.91 bits per heavy atom. The molecule has 128 valence electrons. The van der Waals surface area contributed by atoms with Gasteiger partial charge in [-0.15, -0.1) is 0 Å². The molecule has 23 heavy (non-hydrogen) atoms. The first-order valence-corrected chi connectivity index (χ1v) is 8.41. The van der Waals surface area contributed by atoms with Crippen molar-refractivity contribution >= 4 is 23.8 Å². The lowest BCUT2D eigenvalue weighted by molar-refractivity contribution is -0.143.